The molecule has 6 nitrogen and oxygen atoms in total. The topological polar surface area (TPSA) is 81.1 Å². The van der Waals surface area contributed by atoms with Crippen LogP contribution in [0.15, 0.2) is 78.9 Å². The van der Waals surface area contributed by atoms with Gasteiger partial charge in [0, 0.05) is 21.7 Å². The lowest BCUT2D eigenvalue weighted by atomic mass is 9.86. The van der Waals surface area contributed by atoms with E-state index in [1.54, 1.807) is 23.1 Å². The van der Waals surface area contributed by atoms with Crippen LogP contribution in [0, 0.1) is 0 Å². The third-order valence-electron chi connectivity index (χ3n) is 6.62. The number of hydrogen-bond acceptors (Lipinski definition) is 4. The molecule has 1 unspecified atom stereocenters. The number of aryl methyl sites for hydroxylation is 1. The van der Waals surface area contributed by atoms with Crippen LogP contribution in [-0.4, -0.2) is 44.7 Å². The molecule has 35 heavy (non-hydrogen) atoms. The average molecular weight is 513 g/mol. The number of carbonyl (C=O) groups is 2. The van der Waals surface area contributed by atoms with E-state index in [0.717, 1.165) is 11.1 Å². The maximum absolute atomic E-state index is 13.3. The maximum Gasteiger partial charge on any atom is 0.416 e. The molecule has 8 heteroatoms. The number of benzene rings is 3. The summed E-state index contributed by atoms with van der Waals surface area (Å²) in [5.74, 6) is -0.657. The standard InChI is InChI=1S/C27H26Cl2N2O4/c1-18(20-11-6-3-7-12-20)30-17-24(33)31(26(34)35)27(30,25-21(28)13-8-14-22(25)29)23(32)16-15-19-9-4-2-5-10-19/h2-14,18,23,32H,15-17H2,1H3,(H,34,35)/t18?,23-,27+/m1/s1. The van der Waals surface area contributed by atoms with E-state index in [1.807, 2.05) is 67.6 Å². The zero-order valence-electron chi connectivity index (χ0n) is 19.1. The highest BCUT2D eigenvalue weighted by Gasteiger charge is 2.62. The zero-order chi connectivity index (χ0) is 25.2. The van der Waals surface area contributed by atoms with Gasteiger partial charge in [0.25, 0.3) is 0 Å². The quantitative estimate of drug-likeness (QED) is 0.422. The lowest BCUT2D eigenvalue weighted by Crippen LogP contribution is -2.61. The minimum absolute atomic E-state index is 0.167. The molecule has 0 aromatic heterocycles. The Bertz CT molecular complexity index is 1190. The molecular weight excluding hydrogens is 487 g/mol. The molecule has 0 spiro atoms. The van der Waals surface area contributed by atoms with Crippen LogP contribution in [0.5, 0.6) is 0 Å². The minimum atomic E-state index is -1.83. The summed E-state index contributed by atoms with van der Waals surface area (Å²) in [5.41, 5.74) is 0.193. The molecule has 1 aliphatic heterocycles. The van der Waals surface area contributed by atoms with Crippen molar-refractivity contribution in [1.82, 2.24) is 9.80 Å². The third-order valence-corrected chi connectivity index (χ3v) is 7.25. The summed E-state index contributed by atoms with van der Waals surface area (Å²) in [6.07, 6.45) is -2.18. The molecule has 2 amide bonds. The maximum atomic E-state index is 13.3. The third kappa shape index (κ3) is 4.55. The summed E-state index contributed by atoms with van der Waals surface area (Å²) >= 11 is 13.3. The molecule has 0 saturated carbocycles. The molecule has 0 radical (unpaired) electrons. The fourth-order valence-corrected chi connectivity index (χ4v) is 5.69. The van der Waals surface area contributed by atoms with Gasteiger partial charge in [-0.25, -0.2) is 9.69 Å². The van der Waals surface area contributed by atoms with E-state index in [-0.39, 0.29) is 28.6 Å². The molecule has 182 valence electrons. The van der Waals surface area contributed by atoms with Crippen molar-refractivity contribution in [1.29, 1.82) is 0 Å². The van der Waals surface area contributed by atoms with Gasteiger partial charge in [0.1, 0.15) is 0 Å². The normalized spacial score (nSPS) is 20.1. The number of halogens is 2. The summed E-state index contributed by atoms with van der Waals surface area (Å²) in [7, 11) is 0. The number of carbonyl (C=O) groups excluding carboxylic acids is 1. The van der Waals surface area contributed by atoms with Crippen molar-refractivity contribution in [2.45, 2.75) is 37.6 Å². The molecule has 0 aliphatic carbocycles. The van der Waals surface area contributed by atoms with Gasteiger partial charge >= 0.3 is 6.09 Å². The SMILES string of the molecule is CC(c1ccccc1)N1CC(=O)N(C(=O)O)[C@]1(c1c(Cl)cccc1Cl)[C@H](O)CCc1ccccc1. The van der Waals surface area contributed by atoms with Gasteiger partial charge in [-0.1, -0.05) is 89.9 Å². The number of imide groups is 1. The number of carboxylic acid groups (broad SMARTS) is 1. The first-order valence-corrected chi connectivity index (χ1v) is 12.1. The molecule has 0 bridgehead atoms. The summed E-state index contributed by atoms with van der Waals surface area (Å²) in [5, 5.41) is 22.4. The van der Waals surface area contributed by atoms with Crippen LogP contribution in [0.25, 0.3) is 0 Å². The molecule has 3 aromatic carbocycles. The van der Waals surface area contributed by atoms with Crippen molar-refractivity contribution in [2.24, 2.45) is 0 Å². The Labute approximate surface area is 214 Å². The molecule has 1 fully saturated rings. The zero-order valence-corrected chi connectivity index (χ0v) is 20.7. The van der Waals surface area contributed by atoms with Crippen LogP contribution in [0.1, 0.15) is 36.1 Å². The Morgan fingerprint density at radius 1 is 0.971 bits per heavy atom. The smallest absolute Gasteiger partial charge is 0.416 e. The predicted molar refractivity (Wildman–Crippen MR) is 135 cm³/mol. The van der Waals surface area contributed by atoms with Crippen LogP contribution < -0.4 is 0 Å². The Morgan fingerprint density at radius 2 is 1.54 bits per heavy atom. The number of amides is 2. The number of aliphatic hydroxyl groups is 1. The first-order chi connectivity index (χ1) is 16.8. The van der Waals surface area contributed by atoms with Crippen LogP contribution >= 0.6 is 23.2 Å². The van der Waals surface area contributed by atoms with E-state index in [0.29, 0.717) is 11.3 Å². The second-order valence-electron chi connectivity index (χ2n) is 8.59. The van der Waals surface area contributed by atoms with Gasteiger partial charge in [0.05, 0.1) is 12.6 Å². The second kappa shape index (κ2) is 10.4. The first kappa shape index (κ1) is 25.2. The lowest BCUT2D eigenvalue weighted by Gasteiger charge is -2.48. The number of rotatable bonds is 7. The molecule has 3 aromatic rings. The fraction of sp³-hybridized carbons (Fsp3) is 0.259. The van der Waals surface area contributed by atoms with E-state index in [2.05, 4.69) is 0 Å². The van der Waals surface area contributed by atoms with Gasteiger partial charge < -0.3 is 10.2 Å². The molecule has 1 aliphatic rings. The minimum Gasteiger partial charge on any atom is -0.465 e. The molecule has 2 N–H and O–H groups in total. The fourth-order valence-electron chi connectivity index (χ4n) is 5.01. The van der Waals surface area contributed by atoms with Crippen molar-refractivity contribution in [3.05, 3.63) is 106 Å². The van der Waals surface area contributed by atoms with E-state index in [9.17, 15) is 19.8 Å². The Hall–Kier alpha value is -2.90. The van der Waals surface area contributed by atoms with Gasteiger partial charge in [0.2, 0.25) is 5.91 Å². The van der Waals surface area contributed by atoms with Crippen molar-refractivity contribution in [3.8, 4) is 0 Å². The van der Waals surface area contributed by atoms with Gasteiger partial charge in [-0.2, -0.15) is 0 Å². The van der Waals surface area contributed by atoms with Crippen LogP contribution in [0.3, 0.4) is 0 Å². The molecule has 4 rings (SSSR count). The first-order valence-electron chi connectivity index (χ1n) is 11.3. The number of hydrogen-bond donors (Lipinski definition) is 2. The Morgan fingerprint density at radius 3 is 2.11 bits per heavy atom. The van der Waals surface area contributed by atoms with Crippen molar-refractivity contribution < 1.29 is 19.8 Å². The second-order valence-corrected chi connectivity index (χ2v) is 9.40. The van der Waals surface area contributed by atoms with Gasteiger partial charge in [0.15, 0.2) is 5.66 Å². The molecule has 1 saturated heterocycles. The lowest BCUT2D eigenvalue weighted by molar-refractivity contribution is -0.137. The Kier molecular flexibility index (Phi) is 7.47. The van der Waals surface area contributed by atoms with Crippen molar-refractivity contribution in [2.75, 3.05) is 6.54 Å². The number of aliphatic hydroxyl groups excluding tert-OH is 1. The molecule has 3 atom stereocenters. The highest BCUT2D eigenvalue weighted by molar-refractivity contribution is 6.36. The van der Waals surface area contributed by atoms with E-state index in [1.165, 1.54) is 0 Å². The molecular formula is C27H26Cl2N2O4. The number of nitrogens with zero attached hydrogens (tertiary/aromatic N) is 2. The summed E-state index contributed by atoms with van der Waals surface area (Å²) < 4.78 is 0. The van der Waals surface area contributed by atoms with Gasteiger partial charge in [-0.3, -0.25) is 9.69 Å². The Balaban J connectivity index is 1.92. The largest absolute Gasteiger partial charge is 0.465 e. The van der Waals surface area contributed by atoms with Gasteiger partial charge in [-0.05, 0) is 43.0 Å². The van der Waals surface area contributed by atoms with Gasteiger partial charge in [-0.15, -0.1) is 0 Å². The van der Waals surface area contributed by atoms with Crippen LogP contribution in [0.4, 0.5) is 4.79 Å². The molecule has 1 heterocycles. The monoisotopic (exact) mass is 512 g/mol. The highest BCUT2D eigenvalue weighted by atomic mass is 35.5. The van der Waals surface area contributed by atoms with E-state index >= 15 is 0 Å². The van der Waals surface area contributed by atoms with Crippen molar-refractivity contribution in [3.63, 3.8) is 0 Å². The van der Waals surface area contributed by atoms with E-state index < -0.39 is 29.8 Å². The summed E-state index contributed by atoms with van der Waals surface area (Å²) in [6, 6.07) is 23.3. The van der Waals surface area contributed by atoms with Crippen LogP contribution in [0.2, 0.25) is 10.0 Å². The predicted octanol–water partition coefficient (Wildman–Crippen LogP) is 5.72. The summed E-state index contributed by atoms with van der Waals surface area (Å²) in [6.45, 7) is 1.64. The van der Waals surface area contributed by atoms with Crippen LogP contribution in [-0.2, 0) is 16.9 Å². The highest BCUT2D eigenvalue weighted by Crippen LogP contribution is 2.50. The summed E-state index contributed by atoms with van der Waals surface area (Å²) in [4.78, 5) is 28.2. The average Bonchev–Trinajstić information content (AvgIpc) is 3.16. The van der Waals surface area contributed by atoms with Crippen molar-refractivity contribution >= 4 is 35.2 Å². The van der Waals surface area contributed by atoms with E-state index in [4.69, 9.17) is 23.2 Å².